The Labute approximate surface area is 162 Å². The zero-order valence-electron chi connectivity index (χ0n) is 14.6. The number of urea groups is 1. The molecule has 0 bridgehead atoms. The van der Waals surface area contributed by atoms with Crippen LogP contribution in [0.4, 0.5) is 10.5 Å². The van der Waals surface area contributed by atoms with Gasteiger partial charge in [-0.05, 0) is 48.7 Å². The summed E-state index contributed by atoms with van der Waals surface area (Å²) in [5.74, 6) is 1.37. The van der Waals surface area contributed by atoms with Gasteiger partial charge in [0, 0.05) is 17.0 Å². The highest BCUT2D eigenvalue weighted by atomic mass is 35.5. The van der Waals surface area contributed by atoms with E-state index in [-0.39, 0.29) is 11.4 Å². The first-order chi connectivity index (χ1) is 12.5. The number of ether oxygens (including phenoxy) is 2. The smallest absolute Gasteiger partial charge is 0.319 e. The lowest BCUT2D eigenvalue weighted by molar-refractivity contribution is 0.251. The molecule has 2 aromatic carbocycles. The van der Waals surface area contributed by atoms with Gasteiger partial charge in [0.15, 0.2) is 11.5 Å². The Morgan fingerprint density at radius 1 is 1.08 bits per heavy atom. The van der Waals surface area contributed by atoms with E-state index in [2.05, 4.69) is 10.6 Å². The number of nitrogens with one attached hydrogen (secondary N) is 2. The first-order valence-corrected chi connectivity index (χ1v) is 8.95. The summed E-state index contributed by atoms with van der Waals surface area (Å²) in [7, 11) is 3.22. The van der Waals surface area contributed by atoms with Crippen molar-refractivity contribution in [1.82, 2.24) is 5.32 Å². The van der Waals surface area contributed by atoms with Gasteiger partial charge in [0.25, 0.3) is 0 Å². The molecule has 7 heteroatoms. The van der Waals surface area contributed by atoms with Crippen LogP contribution in [-0.2, 0) is 5.41 Å². The van der Waals surface area contributed by atoms with Crippen LogP contribution in [0.3, 0.4) is 0 Å². The summed E-state index contributed by atoms with van der Waals surface area (Å²) in [6.45, 7) is 0.520. The van der Waals surface area contributed by atoms with Crippen LogP contribution in [0.5, 0.6) is 11.5 Å². The molecule has 0 heterocycles. The molecule has 0 atom stereocenters. The fraction of sp³-hybridized carbons (Fsp3) is 0.316. The van der Waals surface area contributed by atoms with Crippen LogP contribution in [0.1, 0.15) is 18.4 Å². The van der Waals surface area contributed by atoms with Crippen LogP contribution in [0.15, 0.2) is 36.4 Å². The summed E-state index contributed by atoms with van der Waals surface area (Å²) in [6.07, 6.45) is 2.00. The van der Waals surface area contributed by atoms with Gasteiger partial charge in [0.2, 0.25) is 0 Å². The molecule has 2 aromatic rings. The fourth-order valence-electron chi connectivity index (χ4n) is 2.89. The summed E-state index contributed by atoms with van der Waals surface area (Å²) >= 11 is 12.0. The number of carbonyl (C=O) groups excluding carboxylic acids is 1. The fourth-order valence-corrected chi connectivity index (χ4v) is 3.23. The first kappa shape index (κ1) is 18.7. The predicted molar refractivity (Wildman–Crippen MR) is 104 cm³/mol. The molecule has 2 amide bonds. The Hall–Kier alpha value is -2.11. The minimum Gasteiger partial charge on any atom is -0.493 e. The largest absolute Gasteiger partial charge is 0.493 e. The summed E-state index contributed by atoms with van der Waals surface area (Å²) in [5.41, 5.74) is 1.53. The van der Waals surface area contributed by atoms with Gasteiger partial charge in [0.05, 0.1) is 24.9 Å². The number of halogens is 2. The molecule has 138 valence electrons. The van der Waals surface area contributed by atoms with E-state index in [1.54, 1.807) is 32.4 Å². The lowest BCUT2D eigenvalue weighted by Crippen LogP contribution is -2.35. The maximum atomic E-state index is 12.2. The van der Waals surface area contributed by atoms with Gasteiger partial charge in [-0.2, -0.15) is 0 Å². The standard InChI is InChI=1S/C19H20Cl2N2O3/c1-25-16-6-3-12(9-17(16)26-2)19(7-8-19)11-22-18(24)23-15-10-13(20)4-5-14(15)21/h3-6,9-10H,7-8,11H2,1-2H3,(H2,22,23,24). The second-order valence-electron chi connectivity index (χ2n) is 6.28. The third-order valence-corrected chi connectivity index (χ3v) is 5.18. The molecule has 3 rings (SSSR count). The third-order valence-electron chi connectivity index (χ3n) is 4.61. The zero-order chi connectivity index (χ0) is 18.7. The Kier molecular flexibility index (Phi) is 5.49. The van der Waals surface area contributed by atoms with Gasteiger partial charge in [-0.25, -0.2) is 4.79 Å². The van der Waals surface area contributed by atoms with Gasteiger partial charge >= 0.3 is 6.03 Å². The monoisotopic (exact) mass is 394 g/mol. The second-order valence-corrected chi connectivity index (χ2v) is 7.13. The zero-order valence-corrected chi connectivity index (χ0v) is 16.1. The van der Waals surface area contributed by atoms with E-state index >= 15 is 0 Å². The summed E-state index contributed by atoms with van der Waals surface area (Å²) in [5, 5.41) is 6.60. The van der Waals surface area contributed by atoms with Crippen LogP contribution in [-0.4, -0.2) is 26.8 Å². The normalized spacial score (nSPS) is 14.5. The molecule has 1 fully saturated rings. The quantitative estimate of drug-likeness (QED) is 0.734. The molecule has 1 saturated carbocycles. The number of carbonyl (C=O) groups is 1. The van der Waals surface area contributed by atoms with Crippen molar-refractivity contribution in [3.63, 3.8) is 0 Å². The van der Waals surface area contributed by atoms with Gasteiger partial charge in [-0.1, -0.05) is 29.3 Å². The van der Waals surface area contributed by atoms with Crippen molar-refractivity contribution >= 4 is 34.9 Å². The average Bonchev–Trinajstić information content (AvgIpc) is 3.43. The third kappa shape index (κ3) is 4.00. The molecule has 0 unspecified atom stereocenters. The van der Waals surface area contributed by atoms with Crippen molar-refractivity contribution in [2.24, 2.45) is 0 Å². The van der Waals surface area contributed by atoms with Gasteiger partial charge in [0.1, 0.15) is 0 Å². The topological polar surface area (TPSA) is 59.6 Å². The molecule has 0 radical (unpaired) electrons. The van der Waals surface area contributed by atoms with Gasteiger partial charge in [-0.3, -0.25) is 0 Å². The van der Waals surface area contributed by atoms with Gasteiger partial charge < -0.3 is 20.1 Å². The van der Waals surface area contributed by atoms with Crippen LogP contribution < -0.4 is 20.1 Å². The van der Waals surface area contributed by atoms with Crippen LogP contribution in [0.25, 0.3) is 0 Å². The number of benzene rings is 2. The Morgan fingerprint density at radius 3 is 2.46 bits per heavy atom. The maximum Gasteiger partial charge on any atom is 0.319 e. The van der Waals surface area contributed by atoms with Crippen molar-refractivity contribution in [3.05, 3.63) is 52.0 Å². The van der Waals surface area contributed by atoms with Crippen molar-refractivity contribution in [2.45, 2.75) is 18.3 Å². The number of hydrogen-bond donors (Lipinski definition) is 2. The minimum absolute atomic E-state index is 0.0744. The second kappa shape index (κ2) is 7.64. The molecule has 0 aromatic heterocycles. The molecular formula is C19H20Cl2N2O3. The summed E-state index contributed by atoms with van der Waals surface area (Å²) in [6, 6.07) is 10.5. The molecule has 1 aliphatic rings. The van der Waals surface area contributed by atoms with E-state index in [0.29, 0.717) is 33.8 Å². The highest BCUT2D eigenvalue weighted by Gasteiger charge is 2.44. The number of rotatable bonds is 6. The van der Waals surface area contributed by atoms with E-state index < -0.39 is 0 Å². The number of methoxy groups -OCH3 is 2. The molecule has 0 spiro atoms. The molecule has 0 aliphatic heterocycles. The lowest BCUT2D eigenvalue weighted by Gasteiger charge is -2.19. The SMILES string of the molecule is COc1ccc(C2(CNC(=O)Nc3cc(Cl)ccc3Cl)CC2)cc1OC. The summed E-state index contributed by atoms with van der Waals surface area (Å²) < 4.78 is 10.7. The predicted octanol–water partition coefficient (Wildman–Crippen LogP) is 4.86. The molecule has 0 saturated heterocycles. The van der Waals surface area contributed by atoms with Crippen molar-refractivity contribution in [2.75, 3.05) is 26.1 Å². The van der Waals surface area contributed by atoms with E-state index in [1.807, 2.05) is 18.2 Å². The first-order valence-electron chi connectivity index (χ1n) is 8.20. The van der Waals surface area contributed by atoms with E-state index in [1.165, 1.54) is 0 Å². The maximum absolute atomic E-state index is 12.2. The Balaban J connectivity index is 1.65. The lowest BCUT2D eigenvalue weighted by atomic mass is 9.95. The Morgan fingerprint density at radius 2 is 1.81 bits per heavy atom. The van der Waals surface area contributed by atoms with Crippen molar-refractivity contribution in [1.29, 1.82) is 0 Å². The number of hydrogen-bond acceptors (Lipinski definition) is 3. The van der Waals surface area contributed by atoms with Gasteiger partial charge in [-0.15, -0.1) is 0 Å². The highest BCUT2D eigenvalue weighted by molar-refractivity contribution is 6.35. The van der Waals surface area contributed by atoms with E-state index in [9.17, 15) is 4.79 Å². The summed E-state index contributed by atoms with van der Waals surface area (Å²) in [4.78, 5) is 12.2. The molecular weight excluding hydrogens is 375 g/mol. The minimum atomic E-state index is -0.319. The van der Waals surface area contributed by atoms with Crippen LogP contribution in [0, 0.1) is 0 Å². The Bertz CT molecular complexity index is 822. The van der Waals surface area contributed by atoms with Crippen LogP contribution >= 0.6 is 23.2 Å². The van der Waals surface area contributed by atoms with Crippen molar-refractivity contribution in [3.8, 4) is 11.5 Å². The van der Waals surface area contributed by atoms with Crippen LogP contribution in [0.2, 0.25) is 10.0 Å². The molecule has 5 nitrogen and oxygen atoms in total. The number of amides is 2. The number of anilines is 1. The molecule has 26 heavy (non-hydrogen) atoms. The van der Waals surface area contributed by atoms with E-state index in [4.69, 9.17) is 32.7 Å². The average molecular weight is 395 g/mol. The molecule has 2 N–H and O–H groups in total. The molecule has 1 aliphatic carbocycles. The van der Waals surface area contributed by atoms with Crippen molar-refractivity contribution < 1.29 is 14.3 Å². The highest BCUT2D eigenvalue weighted by Crippen LogP contribution is 2.49. The van der Waals surface area contributed by atoms with E-state index in [0.717, 1.165) is 18.4 Å².